The van der Waals surface area contributed by atoms with E-state index in [4.69, 9.17) is 16.3 Å². The molecule has 4 aromatic rings. The SMILES string of the molecule is C=C1N[C@](CC(C)(C)C)(c2ccc(-c3cnn(C4CC4)n3)cc2)C(=O)N1[C@H](COC(=O)CC1(C(F)(F)F)CC1)c1ccc(Cl)c(-c2ncnn2C(F)F)c1. The molecule has 3 heterocycles. The van der Waals surface area contributed by atoms with Crippen LogP contribution in [-0.4, -0.2) is 59.3 Å². The van der Waals surface area contributed by atoms with Crippen molar-refractivity contribution >= 4 is 23.5 Å². The predicted molar refractivity (Wildman–Crippen MR) is 186 cm³/mol. The molecule has 2 atom stereocenters. The largest absolute Gasteiger partial charge is 0.463 e. The number of benzene rings is 2. The molecule has 2 aromatic carbocycles. The number of carbonyl (C=O) groups is 2. The molecular weight excluding hydrogens is 735 g/mol. The van der Waals surface area contributed by atoms with E-state index in [-0.39, 0.29) is 47.1 Å². The van der Waals surface area contributed by atoms with Crippen LogP contribution < -0.4 is 5.32 Å². The molecule has 286 valence electrons. The van der Waals surface area contributed by atoms with Crippen molar-refractivity contribution in [2.75, 3.05) is 6.61 Å². The van der Waals surface area contributed by atoms with Gasteiger partial charge in [0.15, 0.2) is 5.82 Å². The molecule has 2 aromatic heterocycles. The third-order valence-corrected chi connectivity index (χ3v) is 10.4. The van der Waals surface area contributed by atoms with Crippen molar-refractivity contribution in [1.82, 2.24) is 40.0 Å². The Bertz CT molecular complexity index is 2090. The van der Waals surface area contributed by atoms with Gasteiger partial charge in [-0.3, -0.25) is 14.5 Å². The van der Waals surface area contributed by atoms with E-state index in [0.29, 0.717) is 22.0 Å². The fourth-order valence-corrected chi connectivity index (χ4v) is 7.29. The molecular formula is C37H38ClF5N8O3. The van der Waals surface area contributed by atoms with E-state index in [1.54, 1.807) is 11.0 Å². The van der Waals surface area contributed by atoms with Gasteiger partial charge in [0.2, 0.25) is 0 Å². The minimum absolute atomic E-state index is 0.0364. The van der Waals surface area contributed by atoms with Crippen LogP contribution in [0.3, 0.4) is 0 Å². The summed E-state index contributed by atoms with van der Waals surface area (Å²) < 4.78 is 74.8. The maximum atomic E-state index is 15.0. The average molecular weight is 773 g/mol. The summed E-state index contributed by atoms with van der Waals surface area (Å²) in [7, 11) is 0. The third-order valence-electron chi connectivity index (χ3n) is 10.1. The minimum atomic E-state index is -4.59. The molecule has 0 unspecified atom stereocenters. The second-order valence-electron chi connectivity index (χ2n) is 15.4. The number of amides is 1. The van der Waals surface area contributed by atoms with Gasteiger partial charge in [0.1, 0.15) is 30.0 Å². The highest BCUT2D eigenvalue weighted by molar-refractivity contribution is 6.33. The monoisotopic (exact) mass is 772 g/mol. The van der Waals surface area contributed by atoms with E-state index in [1.807, 2.05) is 45.0 Å². The zero-order valence-corrected chi connectivity index (χ0v) is 30.5. The van der Waals surface area contributed by atoms with Gasteiger partial charge in [0.05, 0.1) is 35.1 Å². The summed E-state index contributed by atoms with van der Waals surface area (Å²) in [5.74, 6) is -1.71. The van der Waals surface area contributed by atoms with Gasteiger partial charge in [-0.1, -0.05) is 69.3 Å². The van der Waals surface area contributed by atoms with Gasteiger partial charge >= 0.3 is 18.7 Å². The number of nitrogens with one attached hydrogen (secondary N) is 1. The van der Waals surface area contributed by atoms with E-state index in [0.717, 1.165) is 24.7 Å². The first-order valence-electron chi connectivity index (χ1n) is 17.4. The lowest BCUT2D eigenvalue weighted by atomic mass is 9.75. The third kappa shape index (κ3) is 7.07. The second-order valence-corrected chi connectivity index (χ2v) is 15.9. The van der Waals surface area contributed by atoms with Crippen molar-refractivity contribution in [3.05, 3.63) is 83.5 Å². The zero-order valence-electron chi connectivity index (χ0n) is 29.7. The maximum Gasteiger partial charge on any atom is 0.395 e. The summed E-state index contributed by atoms with van der Waals surface area (Å²) in [5.41, 5.74) is -1.60. The Morgan fingerprint density at radius 1 is 1.09 bits per heavy atom. The van der Waals surface area contributed by atoms with E-state index in [9.17, 15) is 26.7 Å². The lowest BCUT2D eigenvalue weighted by Gasteiger charge is -2.35. The molecule has 17 heteroatoms. The van der Waals surface area contributed by atoms with Gasteiger partial charge < -0.3 is 10.1 Å². The van der Waals surface area contributed by atoms with Gasteiger partial charge in [0, 0.05) is 11.1 Å². The van der Waals surface area contributed by atoms with Crippen molar-refractivity contribution in [3.8, 4) is 22.6 Å². The van der Waals surface area contributed by atoms with Gasteiger partial charge in [-0.25, -0.2) is 4.98 Å². The molecule has 3 aliphatic rings. The summed E-state index contributed by atoms with van der Waals surface area (Å²) in [6.45, 7) is 6.44. The predicted octanol–water partition coefficient (Wildman–Crippen LogP) is 8.14. The molecule has 1 aliphatic heterocycles. The lowest BCUT2D eigenvalue weighted by molar-refractivity contribution is -0.195. The summed E-state index contributed by atoms with van der Waals surface area (Å²) in [6.07, 6.45) is -0.900. The fraction of sp³-hybridized carbons (Fsp3) is 0.459. The van der Waals surface area contributed by atoms with Crippen LogP contribution in [0.4, 0.5) is 22.0 Å². The van der Waals surface area contributed by atoms with Crippen LogP contribution in [-0.2, 0) is 19.9 Å². The first-order chi connectivity index (χ1) is 25.4. The summed E-state index contributed by atoms with van der Waals surface area (Å²) >= 11 is 6.47. The van der Waals surface area contributed by atoms with Crippen LogP contribution in [0.2, 0.25) is 5.02 Å². The Hall–Kier alpha value is -4.86. The van der Waals surface area contributed by atoms with Crippen molar-refractivity contribution in [2.24, 2.45) is 10.8 Å². The molecule has 1 amide bonds. The summed E-state index contributed by atoms with van der Waals surface area (Å²) in [4.78, 5) is 35.0. The summed E-state index contributed by atoms with van der Waals surface area (Å²) in [5, 5.41) is 15.9. The van der Waals surface area contributed by atoms with Gasteiger partial charge in [-0.15, -0.1) is 0 Å². The smallest absolute Gasteiger partial charge is 0.395 e. The molecule has 3 fully saturated rings. The van der Waals surface area contributed by atoms with Crippen molar-refractivity contribution < 1.29 is 36.3 Å². The zero-order chi connectivity index (χ0) is 38.8. The average Bonchev–Trinajstić information content (AvgIpc) is 3.97. The van der Waals surface area contributed by atoms with Crippen LogP contribution in [0.1, 0.15) is 89.1 Å². The molecule has 7 rings (SSSR count). The van der Waals surface area contributed by atoms with Crippen LogP contribution in [0.5, 0.6) is 0 Å². The molecule has 0 bridgehead atoms. The van der Waals surface area contributed by atoms with E-state index in [2.05, 4.69) is 32.2 Å². The van der Waals surface area contributed by atoms with Gasteiger partial charge in [0.25, 0.3) is 5.91 Å². The second kappa shape index (κ2) is 13.5. The number of nitrogens with zero attached hydrogens (tertiary/aromatic N) is 7. The number of ether oxygens (including phenoxy) is 1. The first kappa shape index (κ1) is 37.5. The molecule has 11 nitrogen and oxygen atoms in total. The van der Waals surface area contributed by atoms with Crippen molar-refractivity contribution in [1.29, 1.82) is 0 Å². The Morgan fingerprint density at radius 2 is 1.80 bits per heavy atom. The Morgan fingerprint density at radius 3 is 2.41 bits per heavy atom. The standard InChI is InChI=1S/C37H38ClF5N8O3/c1-21-47-36(19-34(2,3)4,24-8-5-22(6-9-24)28-17-45-51(48-28)25-10-11-25)32(53)49(21)29(18-54-30(52)16-35(13-14-35)37(41,42)43)23-7-12-27(38)26(15-23)31-44-20-46-50(31)33(39)40/h5-9,12,15,17,20,25,29,33,47H,1,10-11,13-14,16,18-19H2,2-4H3/t29-,36-/m1/s1. The quantitative estimate of drug-likeness (QED) is 0.113. The summed E-state index contributed by atoms with van der Waals surface area (Å²) in [6, 6.07) is 10.8. The minimum Gasteiger partial charge on any atom is -0.463 e. The van der Waals surface area contributed by atoms with Crippen LogP contribution in [0.25, 0.3) is 22.6 Å². The molecule has 1 saturated heterocycles. The van der Waals surface area contributed by atoms with E-state index >= 15 is 4.79 Å². The Labute approximate surface area is 312 Å². The number of halogens is 6. The van der Waals surface area contributed by atoms with Crippen LogP contribution in [0.15, 0.2) is 67.4 Å². The molecule has 2 aliphatic carbocycles. The molecule has 2 saturated carbocycles. The molecule has 0 spiro atoms. The molecule has 1 N–H and O–H groups in total. The molecule has 0 radical (unpaired) electrons. The van der Waals surface area contributed by atoms with Crippen molar-refractivity contribution in [2.45, 2.75) is 89.6 Å². The highest BCUT2D eigenvalue weighted by Gasteiger charge is 2.64. The van der Waals surface area contributed by atoms with Crippen LogP contribution >= 0.6 is 11.6 Å². The maximum absolute atomic E-state index is 15.0. The normalized spacial score (nSPS) is 20.4. The number of hydrogen-bond donors (Lipinski definition) is 1. The van der Waals surface area contributed by atoms with Crippen LogP contribution in [0, 0.1) is 10.8 Å². The first-order valence-corrected chi connectivity index (χ1v) is 17.8. The Kier molecular flexibility index (Phi) is 9.34. The number of carbonyl (C=O) groups excluding carboxylic acids is 2. The Balaban J connectivity index is 1.26. The number of hydrogen-bond acceptors (Lipinski definition) is 8. The molecule has 54 heavy (non-hydrogen) atoms. The van der Waals surface area contributed by atoms with Gasteiger partial charge in [-0.05, 0) is 60.8 Å². The number of alkyl halides is 5. The lowest BCUT2D eigenvalue weighted by Crippen LogP contribution is -2.47. The van der Waals surface area contributed by atoms with E-state index in [1.165, 1.54) is 23.1 Å². The van der Waals surface area contributed by atoms with Gasteiger partial charge in [-0.2, -0.15) is 46.7 Å². The fourth-order valence-electron chi connectivity index (χ4n) is 7.08. The number of esters is 1. The highest BCUT2D eigenvalue weighted by Crippen LogP contribution is 2.60. The van der Waals surface area contributed by atoms with E-state index < -0.39 is 60.0 Å². The topological polar surface area (TPSA) is 120 Å². The van der Waals surface area contributed by atoms with Crippen molar-refractivity contribution in [3.63, 3.8) is 0 Å². The number of aromatic nitrogens is 6. The highest BCUT2D eigenvalue weighted by atomic mass is 35.5. The number of rotatable bonds is 12.